The minimum Gasteiger partial charge on any atom is -0.488 e. The SMILES string of the molecule is Cc1ccc(N=C2NC(=O)/C(=C\c3ccc(OCc4ccc(F)cc4)c(Br)c3)S2)cc1. The number of amidine groups is 1. The number of ether oxygens (including phenoxy) is 1. The van der Waals surface area contributed by atoms with Crippen molar-refractivity contribution in [3.8, 4) is 5.75 Å². The predicted octanol–water partition coefficient (Wildman–Crippen LogP) is 6.37. The lowest BCUT2D eigenvalue weighted by molar-refractivity contribution is -0.115. The molecule has 1 heterocycles. The van der Waals surface area contributed by atoms with E-state index in [2.05, 4.69) is 26.2 Å². The van der Waals surface area contributed by atoms with Gasteiger partial charge in [0.1, 0.15) is 18.2 Å². The van der Waals surface area contributed by atoms with E-state index >= 15 is 0 Å². The van der Waals surface area contributed by atoms with Crippen molar-refractivity contribution < 1.29 is 13.9 Å². The molecule has 1 aliphatic rings. The van der Waals surface area contributed by atoms with Crippen molar-refractivity contribution in [1.82, 2.24) is 5.32 Å². The second kappa shape index (κ2) is 9.49. The van der Waals surface area contributed by atoms with E-state index in [1.165, 1.54) is 23.9 Å². The first-order valence-electron chi connectivity index (χ1n) is 9.49. The number of carbonyl (C=O) groups is 1. The van der Waals surface area contributed by atoms with Crippen molar-refractivity contribution in [3.05, 3.63) is 98.6 Å². The van der Waals surface area contributed by atoms with E-state index in [1.54, 1.807) is 12.1 Å². The van der Waals surface area contributed by atoms with Crippen LogP contribution >= 0.6 is 27.7 Å². The Morgan fingerprint density at radius 3 is 2.55 bits per heavy atom. The zero-order chi connectivity index (χ0) is 21.8. The molecule has 0 bridgehead atoms. The lowest BCUT2D eigenvalue weighted by atomic mass is 10.2. The third-order valence-electron chi connectivity index (χ3n) is 4.48. The number of halogens is 2. The molecule has 1 N–H and O–H groups in total. The van der Waals surface area contributed by atoms with Gasteiger partial charge in [-0.05, 0) is 88.2 Å². The topological polar surface area (TPSA) is 50.7 Å². The number of carbonyl (C=O) groups excluding carboxylic acids is 1. The number of hydrogen-bond acceptors (Lipinski definition) is 4. The summed E-state index contributed by atoms with van der Waals surface area (Å²) in [6.45, 7) is 2.34. The van der Waals surface area contributed by atoms with Crippen molar-refractivity contribution in [2.45, 2.75) is 13.5 Å². The third kappa shape index (κ3) is 5.62. The van der Waals surface area contributed by atoms with Crippen LogP contribution in [0.3, 0.4) is 0 Å². The molecule has 3 aromatic carbocycles. The number of benzene rings is 3. The van der Waals surface area contributed by atoms with Gasteiger partial charge in [-0.3, -0.25) is 4.79 Å². The van der Waals surface area contributed by atoms with Gasteiger partial charge in [-0.2, -0.15) is 0 Å². The molecule has 1 fully saturated rings. The van der Waals surface area contributed by atoms with Crippen LogP contribution in [0.1, 0.15) is 16.7 Å². The average Bonchev–Trinajstić information content (AvgIpc) is 3.09. The highest BCUT2D eigenvalue weighted by molar-refractivity contribution is 9.10. The summed E-state index contributed by atoms with van der Waals surface area (Å²) >= 11 is 4.82. The number of rotatable bonds is 5. The second-order valence-corrected chi connectivity index (χ2v) is 8.81. The van der Waals surface area contributed by atoms with Crippen molar-refractivity contribution in [3.63, 3.8) is 0 Å². The van der Waals surface area contributed by atoms with Gasteiger partial charge < -0.3 is 10.1 Å². The molecular weight excluding hydrogens is 479 g/mol. The van der Waals surface area contributed by atoms with Crippen LogP contribution in [-0.2, 0) is 11.4 Å². The molecule has 0 aliphatic carbocycles. The molecule has 3 aromatic rings. The molecule has 0 unspecified atom stereocenters. The summed E-state index contributed by atoms with van der Waals surface area (Å²) in [7, 11) is 0. The Labute approximate surface area is 192 Å². The first-order chi connectivity index (χ1) is 15.0. The standard InChI is InChI=1S/C24H18BrFN2O2S/c1-15-2-9-19(10-3-15)27-24-28-23(29)22(31-24)13-17-6-11-21(20(25)12-17)30-14-16-4-7-18(26)8-5-16/h2-13H,14H2,1H3,(H,27,28,29)/b22-13+. The fourth-order valence-electron chi connectivity index (χ4n) is 2.83. The monoisotopic (exact) mass is 496 g/mol. The van der Waals surface area contributed by atoms with Gasteiger partial charge in [0, 0.05) is 0 Å². The van der Waals surface area contributed by atoms with E-state index in [1.807, 2.05) is 55.5 Å². The predicted molar refractivity (Wildman–Crippen MR) is 127 cm³/mol. The Morgan fingerprint density at radius 2 is 1.84 bits per heavy atom. The normalized spacial score (nSPS) is 16.0. The molecule has 4 nitrogen and oxygen atoms in total. The fourth-order valence-corrected chi connectivity index (χ4v) is 4.19. The van der Waals surface area contributed by atoms with Crippen LogP contribution in [0.25, 0.3) is 6.08 Å². The molecule has 1 aliphatic heterocycles. The number of thioether (sulfide) groups is 1. The summed E-state index contributed by atoms with van der Waals surface area (Å²) in [4.78, 5) is 17.4. The van der Waals surface area contributed by atoms with E-state index < -0.39 is 0 Å². The highest BCUT2D eigenvalue weighted by atomic mass is 79.9. The maximum Gasteiger partial charge on any atom is 0.264 e. The van der Waals surface area contributed by atoms with Crippen LogP contribution in [0.4, 0.5) is 10.1 Å². The second-order valence-electron chi connectivity index (χ2n) is 6.92. The molecule has 1 amide bonds. The molecule has 1 saturated heterocycles. The van der Waals surface area contributed by atoms with Crippen LogP contribution in [-0.4, -0.2) is 11.1 Å². The quantitative estimate of drug-likeness (QED) is 0.417. The van der Waals surface area contributed by atoms with E-state index in [0.29, 0.717) is 22.4 Å². The number of nitrogens with one attached hydrogen (secondary N) is 1. The van der Waals surface area contributed by atoms with Crippen molar-refractivity contribution in [1.29, 1.82) is 0 Å². The Morgan fingerprint density at radius 1 is 1.10 bits per heavy atom. The summed E-state index contributed by atoms with van der Waals surface area (Å²) < 4.78 is 19.6. The summed E-state index contributed by atoms with van der Waals surface area (Å²) in [5, 5.41) is 3.35. The Balaban J connectivity index is 1.44. The summed E-state index contributed by atoms with van der Waals surface area (Å²) in [5.41, 5.74) is 3.68. The number of aliphatic imine (C=N–C) groups is 1. The number of hydrogen-bond donors (Lipinski definition) is 1. The van der Waals surface area contributed by atoms with E-state index in [-0.39, 0.29) is 11.7 Å². The molecule has 4 rings (SSSR count). The van der Waals surface area contributed by atoms with Crippen molar-refractivity contribution in [2.24, 2.45) is 4.99 Å². The van der Waals surface area contributed by atoms with Crippen molar-refractivity contribution >= 4 is 50.5 Å². The van der Waals surface area contributed by atoms with Gasteiger partial charge in [0.15, 0.2) is 5.17 Å². The summed E-state index contributed by atoms with van der Waals surface area (Å²) in [5.74, 6) is 0.212. The van der Waals surface area contributed by atoms with Crippen molar-refractivity contribution in [2.75, 3.05) is 0 Å². The minimum absolute atomic E-state index is 0.177. The zero-order valence-corrected chi connectivity index (χ0v) is 19.0. The molecule has 31 heavy (non-hydrogen) atoms. The summed E-state index contributed by atoms with van der Waals surface area (Å²) in [6.07, 6.45) is 1.81. The van der Waals surface area contributed by atoms with Crippen LogP contribution in [0.2, 0.25) is 0 Å². The molecule has 0 spiro atoms. The van der Waals surface area contributed by atoms with Gasteiger partial charge >= 0.3 is 0 Å². The Bertz CT molecular complexity index is 1180. The van der Waals surface area contributed by atoms with Crippen LogP contribution in [0, 0.1) is 12.7 Å². The Kier molecular flexibility index (Phi) is 6.53. The minimum atomic E-state index is -0.275. The van der Waals surface area contributed by atoms with Crippen LogP contribution in [0.5, 0.6) is 5.75 Å². The summed E-state index contributed by atoms with van der Waals surface area (Å²) in [6, 6.07) is 19.6. The van der Waals surface area contributed by atoms with Gasteiger partial charge in [-0.15, -0.1) is 0 Å². The van der Waals surface area contributed by atoms with E-state index in [9.17, 15) is 9.18 Å². The molecule has 0 saturated carbocycles. The number of aryl methyl sites for hydroxylation is 1. The van der Waals surface area contributed by atoms with Crippen LogP contribution in [0.15, 0.2) is 81.1 Å². The number of amides is 1. The lowest BCUT2D eigenvalue weighted by Gasteiger charge is -2.09. The lowest BCUT2D eigenvalue weighted by Crippen LogP contribution is -2.19. The van der Waals surface area contributed by atoms with Gasteiger partial charge in [-0.1, -0.05) is 35.9 Å². The van der Waals surface area contributed by atoms with Crippen LogP contribution < -0.4 is 10.1 Å². The maximum absolute atomic E-state index is 13.0. The largest absolute Gasteiger partial charge is 0.488 e. The third-order valence-corrected chi connectivity index (χ3v) is 6.01. The molecule has 0 radical (unpaired) electrons. The molecule has 156 valence electrons. The smallest absolute Gasteiger partial charge is 0.264 e. The fraction of sp³-hybridized carbons (Fsp3) is 0.0833. The van der Waals surface area contributed by atoms with Gasteiger partial charge in [0.25, 0.3) is 5.91 Å². The molecule has 0 aromatic heterocycles. The highest BCUT2D eigenvalue weighted by Gasteiger charge is 2.23. The number of nitrogens with zero attached hydrogens (tertiary/aromatic N) is 1. The van der Waals surface area contributed by atoms with Gasteiger partial charge in [0.2, 0.25) is 0 Å². The zero-order valence-electron chi connectivity index (χ0n) is 16.6. The Hall–Kier alpha value is -2.90. The highest BCUT2D eigenvalue weighted by Crippen LogP contribution is 2.31. The van der Waals surface area contributed by atoms with Gasteiger partial charge in [-0.25, -0.2) is 9.38 Å². The average molecular weight is 497 g/mol. The molecule has 7 heteroatoms. The van der Waals surface area contributed by atoms with E-state index in [4.69, 9.17) is 4.74 Å². The first-order valence-corrected chi connectivity index (χ1v) is 11.1. The molecule has 0 atom stereocenters. The maximum atomic E-state index is 13.0. The van der Waals surface area contributed by atoms with E-state index in [0.717, 1.165) is 26.9 Å². The molecular formula is C24H18BrFN2O2S. The first kappa shape index (κ1) is 21.3. The van der Waals surface area contributed by atoms with Gasteiger partial charge in [0.05, 0.1) is 15.1 Å².